The van der Waals surface area contributed by atoms with Gasteiger partial charge in [-0.1, -0.05) is 13.8 Å². The number of carbonyl (C=O) groups excluding carboxylic acids is 1. The predicted octanol–water partition coefficient (Wildman–Crippen LogP) is 1.91. The van der Waals surface area contributed by atoms with Crippen LogP contribution >= 0.6 is 0 Å². The van der Waals surface area contributed by atoms with Crippen molar-refractivity contribution in [1.82, 2.24) is 10.2 Å². The molecule has 0 radical (unpaired) electrons. The highest BCUT2D eigenvalue weighted by atomic mass is 32.2. The molecule has 130 valence electrons. The molecule has 3 N–H and O–H groups in total. The first-order chi connectivity index (χ1) is 10.9. The maximum atomic E-state index is 11.8. The van der Waals surface area contributed by atoms with Crippen molar-refractivity contribution in [2.75, 3.05) is 42.0 Å². The molecular weight excluding hydrogens is 316 g/mol. The number of anilines is 2. The Hall–Kier alpha value is -1.80. The zero-order valence-electron chi connectivity index (χ0n) is 13.9. The molecule has 0 unspecified atom stereocenters. The third kappa shape index (κ3) is 7.34. The number of carbonyl (C=O) groups is 1. The Morgan fingerprint density at radius 1 is 1.04 bits per heavy atom. The van der Waals surface area contributed by atoms with Crippen molar-refractivity contribution in [3.63, 3.8) is 0 Å². The molecule has 0 spiro atoms. The number of urea groups is 1. The van der Waals surface area contributed by atoms with Crippen LogP contribution in [0.2, 0.25) is 0 Å². The molecule has 0 atom stereocenters. The first-order valence-corrected chi connectivity index (χ1v) is 9.43. The van der Waals surface area contributed by atoms with Gasteiger partial charge in [-0.15, -0.1) is 0 Å². The third-order valence-electron chi connectivity index (χ3n) is 3.40. The van der Waals surface area contributed by atoms with Crippen LogP contribution in [0.25, 0.3) is 0 Å². The lowest BCUT2D eigenvalue weighted by Crippen LogP contribution is -2.36. The lowest BCUT2D eigenvalue weighted by molar-refractivity contribution is 0.248. The van der Waals surface area contributed by atoms with Crippen molar-refractivity contribution in [2.45, 2.75) is 20.8 Å². The summed E-state index contributed by atoms with van der Waals surface area (Å²) in [4.78, 5) is 14.0. The van der Waals surface area contributed by atoms with Gasteiger partial charge in [-0.2, -0.15) is 0 Å². The molecule has 0 aliphatic carbocycles. The van der Waals surface area contributed by atoms with Gasteiger partial charge in [0.25, 0.3) is 0 Å². The minimum Gasteiger partial charge on any atom is -0.337 e. The van der Waals surface area contributed by atoms with Gasteiger partial charge in [-0.25, -0.2) is 13.2 Å². The Morgan fingerprint density at radius 3 is 2.13 bits per heavy atom. The topological polar surface area (TPSA) is 90.5 Å². The van der Waals surface area contributed by atoms with Gasteiger partial charge < -0.3 is 15.5 Å². The molecule has 0 bridgehead atoms. The number of hydrogen-bond donors (Lipinski definition) is 3. The smallest absolute Gasteiger partial charge is 0.319 e. The van der Waals surface area contributed by atoms with Gasteiger partial charge in [-0.3, -0.25) is 4.72 Å². The van der Waals surface area contributed by atoms with Crippen LogP contribution in [-0.4, -0.2) is 51.3 Å². The van der Waals surface area contributed by atoms with Crippen molar-refractivity contribution in [3.8, 4) is 0 Å². The van der Waals surface area contributed by atoms with Gasteiger partial charge in [0.15, 0.2) is 0 Å². The number of amides is 2. The summed E-state index contributed by atoms with van der Waals surface area (Å²) in [6.45, 7) is 9.01. The fourth-order valence-electron chi connectivity index (χ4n) is 1.92. The maximum Gasteiger partial charge on any atom is 0.319 e. The molecule has 0 aliphatic heterocycles. The minimum atomic E-state index is -3.29. The molecule has 0 fully saturated rings. The number of sulfonamides is 1. The molecule has 23 heavy (non-hydrogen) atoms. The van der Waals surface area contributed by atoms with Crippen LogP contribution in [-0.2, 0) is 10.0 Å². The largest absolute Gasteiger partial charge is 0.337 e. The molecule has 1 aromatic carbocycles. The number of nitrogens with zero attached hydrogens (tertiary/aromatic N) is 1. The highest BCUT2D eigenvalue weighted by Gasteiger charge is 2.07. The van der Waals surface area contributed by atoms with E-state index in [1.807, 2.05) is 0 Å². The van der Waals surface area contributed by atoms with Gasteiger partial charge in [0.1, 0.15) is 0 Å². The van der Waals surface area contributed by atoms with Crippen LogP contribution in [0.5, 0.6) is 0 Å². The number of rotatable bonds is 9. The van der Waals surface area contributed by atoms with Crippen molar-refractivity contribution in [1.29, 1.82) is 0 Å². The summed E-state index contributed by atoms with van der Waals surface area (Å²) < 4.78 is 25.4. The summed E-state index contributed by atoms with van der Waals surface area (Å²) >= 11 is 0. The van der Waals surface area contributed by atoms with Gasteiger partial charge in [0.05, 0.1) is 5.75 Å². The standard InChI is InChI=1S/C15H26N4O3S/c1-4-19(5-2)12-11-16-15(20)17-13-7-9-14(10-8-13)18-23(21,22)6-3/h7-10,18H,4-6,11-12H2,1-3H3,(H2,16,17,20). The average molecular weight is 342 g/mol. The van der Waals surface area contributed by atoms with Gasteiger partial charge >= 0.3 is 6.03 Å². The van der Waals surface area contributed by atoms with Crippen molar-refractivity contribution in [3.05, 3.63) is 24.3 Å². The monoisotopic (exact) mass is 342 g/mol. The van der Waals surface area contributed by atoms with Gasteiger partial charge in [0.2, 0.25) is 10.0 Å². The van der Waals surface area contributed by atoms with E-state index in [4.69, 9.17) is 0 Å². The Bertz CT molecular complexity index is 583. The molecule has 1 rings (SSSR count). The van der Waals surface area contributed by atoms with Crippen LogP contribution in [0.1, 0.15) is 20.8 Å². The van der Waals surface area contributed by atoms with E-state index in [1.165, 1.54) is 0 Å². The van der Waals surface area contributed by atoms with Crippen molar-refractivity contribution >= 4 is 27.4 Å². The second-order valence-corrected chi connectivity index (χ2v) is 7.00. The van der Waals surface area contributed by atoms with Crippen LogP contribution in [0.3, 0.4) is 0 Å². The van der Waals surface area contributed by atoms with Crippen LogP contribution in [0, 0.1) is 0 Å². The minimum absolute atomic E-state index is 0.0158. The van der Waals surface area contributed by atoms with Gasteiger partial charge in [0, 0.05) is 24.5 Å². The summed E-state index contributed by atoms with van der Waals surface area (Å²) in [5.74, 6) is 0.0158. The molecule has 1 aromatic rings. The van der Waals surface area contributed by atoms with E-state index < -0.39 is 10.0 Å². The van der Waals surface area contributed by atoms with E-state index in [9.17, 15) is 13.2 Å². The van der Waals surface area contributed by atoms with Gasteiger partial charge in [-0.05, 0) is 44.3 Å². The Kier molecular flexibility index (Phi) is 7.84. The summed E-state index contributed by atoms with van der Waals surface area (Å²) in [6, 6.07) is 6.24. The summed E-state index contributed by atoms with van der Waals surface area (Å²) in [5.41, 5.74) is 1.07. The normalized spacial score (nSPS) is 11.3. The number of benzene rings is 1. The Balaban J connectivity index is 2.44. The van der Waals surface area contributed by atoms with Crippen molar-refractivity contribution in [2.24, 2.45) is 0 Å². The Morgan fingerprint density at radius 2 is 1.61 bits per heavy atom. The zero-order valence-corrected chi connectivity index (χ0v) is 14.7. The van der Waals surface area contributed by atoms with Crippen molar-refractivity contribution < 1.29 is 13.2 Å². The second kappa shape index (κ2) is 9.36. The highest BCUT2D eigenvalue weighted by Crippen LogP contribution is 2.14. The van der Waals surface area contributed by atoms with E-state index >= 15 is 0 Å². The number of hydrogen-bond acceptors (Lipinski definition) is 4. The van der Waals surface area contributed by atoms with Crippen LogP contribution in [0.15, 0.2) is 24.3 Å². The van der Waals surface area contributed by atoms with E-state index in [-0.39, 0.29) is 11.8 Å². The van der Waals surface area contributed by atoms with Crippen LogP contribution < -0.4 is 15.4 Å². The number of nitrogens with one attached hydrogen (secondary N) is 3. The zero-order chi connectivity index (χ0) is 17.3. The van der Waals surface area contributed by atoms with E-state index in [2.05, 4.69) is 34.1 Å². The molecular formula is C15H26N4O3S. The SMILES string of the molecule is CCN(CC)CCNC(=O)Nc1ccc(NS(=O)(=O)CC)cc1. The van der Waals surface area contributed by atoms with E-state index in [1.54, 1.807) is 31.2 Å². The summed E-state index contributed by atoms with van der Waals surface area (Å²) in [5, 5.41) is 5.50. The predicted molar refractivity (Wildman–Crippen MR) is 94.3 cm³/mol. The number of likely N-dealkylation sites (N-methyl/N-ethyl adjacent to an activating group) is 1. The highest BCUT2D eigenvalue weighted by molar-refractivity contribution is 7.92. The third-order valence-corrected chi connectivity index (χ3v) is 4.71. The molecule has 0 heterocycles. The quantitative estimate of drug-likeness (QED) is 0.639. The lowest BCUT2D eigenvalue weighted by atomic mass is 10.3. The molecule has 7 nitrogen and oxygen atoms in total. The van der Waals surface area contributed by atoms with E-state index in [0.29, 0.717) is 17.9 Å². The Labute approximate surface area is 138 Å². The fourth-order valence-corrected chi connectivity index (χ4v) is 2.56. The first kappa shape index (κ1) is 19.2. The lowest BCUT2D eigenvalue weighted by Gasteiger charge is -2.18. The molecule has 0 aromatic heterocycles. The molecule has 0 saturated heterocycles. The summed E-state index contributed by atoms with van der Waals surface area (Å²) in [7, 11) is -3.29. The van der Waals surface area contributed by atoms with Crippen LogP contribution in [0.4, 0.5) is 16.2 Å². The van der Waals surface area contributed by atoms with E-state index in [0.717, 1.165) is 19.6 Å². The molecule has 0 saturated carbocycles. The average Bonchev–Trinajstić information content (AvgIpc) is 2.53. The fraction of sp³-hybridized carbons (Fsp3) is 0.533. The molecule has 2 amide bonds. The first-order valence-electron chi connectivity index (χ1n) is 7.78. The summed E-state index contributed by atoms with van der Waals surface area (Å²) in [6.07, 6.45) is 0. The molecule has 8 heteroatoms. The maximum absolute atomic E-state index is 11.8. The second-order valence-electron chi connectivity index (χ2n) is 4.99. The molecule has 0 aliphatic rings.